The Morgan fingerprint density at radius 3 is 2.22 bits per heavy atom. The van der Waals surface area contributed by atoms with E-state index in [-0.39, 0.29) is 29.0 Å². The van der Waals surface area contributed by atoms with Crippen LogP contribution >= 0.6 is 0 Å². The van der Waals surface area contributed by atoms with Gasteiger partial charge in [0.15, 0.2) is 0 Å². The number of rotatable bonds is 6. The summed E-state index contributed by atoms with van der Waals surface area (Å²) in [6, 6.07) is 12.9. The van der Waals surface area contributed by atoms with Crippen molar-refractivity contribution in [3.8, 4) is 0 Å². The van der Waals surface area contributed by atoms with Crippen LogP contribution in [0, 0.1) is 5.82 Å². The van der Waals surface area contributed by atoms with Crippen LogP contribution in [0.4, 0.5) is 16.0 Å². The highest BCUT2D eigenvalue weighted by molar-refractivity contribution is 7.92. The largest absolute Gasteiger partial charge is 0.326 e. The van der Waals surface area contributed by atoms with E-state index in [4.69, 9.17) is 0 Å². The third-order valence-electron chi connectivity index (χ3n) is 3.52. The fourth-order valence-corrected chi connectivity index (χ4v) is 3.20. The standard InChI is InChI=1S/C18H15FN4O3S/c19-14-4-2-13(3-5-14)12-17(24)22-15-6-8-16(9-7-15)27(25,26)23-18-20-10-1-11-21-18/h1-11H,12H2,(H,22,24)(H,20,21,23). The zero-order chi connectivity index (χ0) is 19.3. The Labute approximate surface area is 155 Å². The molecule has 0 aliphatic heterocycles. The summed E-state index contributed by atoms with van der Waals surface area (Å²) in [7, 11) is -3.83. The van der Waals surface area contributed by atoms with Gasteiger partial charge in [-0.2, -0.15) is 0 Å². The highest BCUT2D eigenvalue weighted by atomic mass is 32.2. The van der Waals surface area contributed by atoms with E-state index < -0.39 is 10.0 Å². The Morgan fingerprint density at radius 2 is 1.59 bits per heavy atom. The molecule has 138 valence electrons. The van der Waals surface area contributed by atoms with Gasteiger partial charge in [-0.15, -0.1) is 0 Å². The van der Waals surface area contributed by atoms with Crippen molar-refractivity contribution in [3.63, 3.8) is 0 Å². The molecule has 9 heteroatoms. The number of amides is 1. The molecule has 0 spiro atoms. The molecule has 1 amide bonds. The van der Waals surface area contributed by atoms with E-state index in [9.17, 15) is 17.6 Å². The van der Waals surface area contributed by atoms with E-state index in [1.165, 1.54) is 60.9 Å². The maximum Gasteiger partial charge on any atom is 0.264 e. The summed E-state index contributed by atoms with van der Waals surface area (Å²) in [5, 5.41) is 2.66. The Bertz CT molecular complexity index is 1020. The fraction of sp³-hybridized carbons (Fsp3) is 0.0556. The average Bonchev–Trinajstić information content (AvgIpc) is 2.64. The lowest BCUT2D eigenvalue weighted by molar-refractivity contribution is -0.115. The van der Waals surface area contributed by atoms with Crippen molar-refractivity contribution < 1.29 is 17.6 Å². The van der Waals surface area contributed by atoms with Crippen molar-refractivity contribution >= 4 is 27.6 Å². The molecule has 0 saturated carbocycles. The Morgan fingerprint density at radius 1 is 0.963 bits per heavy atom. The highest BCUT2D eigenvalue weighted by Gasteiger charge is 2.15. The minimum atomic E-state index is -3.83. The predicted molar refractivity (Wildman–Crippen MR) is 98.0 cm³/mol. The van der Waals surface area contributed by atoms with Crippen LogP contribution in [-0.4, -0.2) is 24.3 Å². The van der Waals surface area contributed by atoms with E-state index in [1.54, 1.807) is 6.07 Å². The molecular formula is C18H15FN4O3S. The average molecular weight is 386 g/mol. The Hall–Kier alpha value is -3.33. The first kappa shape index (κ1) is 18.5. The van der Waals surface area contributed by atoms with Gasteiger partial charge < -0.3 is 5.32 Å². The molecule has 0 radical (unpaired) electrons. The molecule has 0 atom stereocenters. The van der Waals surface area contributed by atoms with Gasteiger partial charge in [0.2, 0.25) is 11.9 Å². The van der Waals surface area contributed by atoms with Gasteiger partial charge in [0, 0.05) is 18.1 Å². The molecule has 0 aliphatic carbocycles. The first-order chi connectivity index (χ1) is 12.9. The van der Waals surface area contributed by atoms with Crippen molar-refractivity contribution in [3.05, 3.63) is 78.4 Å². The van der Waals surface area contributed by atoms with Crippen molar-refractivity contribution in [1.29, 1.82) is 0 Å². The lowest BCUT2D eigenvalue weighted by Crippen LogP contribution is -2.16. The molecule has 1 aromatic heterocycles. The number of anilines is 2. The van der Waals surface area contributed by atoms with Crippen LogP contribution in [0.3, 0.4) is 0 Å². The normalized spacial score (nSPS) is 11.0. The summed E-state index contributed by atoms with van der Waals surface area (Å²) >= 11 is 0. The van der Waals surface area contributed by atoms with Gasteiger partial charge in [-0.25, -0.2) is 27.5 Å². The number of hydrogen-bond donors (Lipinski definition) is 2. The van der Waals surface area contributed by atoms with Crippen molar-refractivity contribution in [2.75, 3.05) is 10.0 Å². The van der Waals surface area contributed by atoms with Crippen LogP contribution in [0.25, 0.3) is 0 Å². The maximum absolute atomic E-state index is 12.9. The van der Waals surface area contributed by atoms with Crippen molar-refractivity contribution in [2.45, 2.75) is 11.3 Å². The number of nitrogens with zero attached hydrogens (tertiary/aromatic N) is 2. The summed E-state index contributed by atoms with van der Waals surface area (Å²) in [6.07, 6.45) is 2.92. The second kappa shape index (κ2) is 7.92. The van der Waals surface area contributed by atoms with E-state index >= 15 is 0 Å². The fourth-order valence-electron chi connectivity index (χ4n) is 2.24. The molecule has 1 heterocycles. The first-order valence-electron chi connectivity index (χ1n) is 7.86. The van der Waals surface area contributed by atoms with E-state index in [0.717, 1.165) is 0 Å². The van der Waals surface area contributed by atoms with Crippen LogP contribution in [0.5, 0.6) is 0 Å². The van der Waals surface area contributed by atoms with Crippen molar-refractivity contribution in [1.82, 2.24) is 9.97 Å². The molecule has 0 unspecified atom stereocenters. The van der Waals surface area contributed by atoms with Gasteiger partial charge in [-0.3, -0.25) is 4.79 Å². The summed E-state index contributed by atoms with van der Waals surface area (Å²) in [4.78, 5) is 19.7. The lowest BCUT2D eigenvalue weighted by atomic mass is 10.1. The van der Waals surface area contributed by atoms with Gasteiger partial charge >= 0.3 is 0 Å². The number of halogens is 1. The molecule has 0 aliphatic rings. The zero-order valence-electron chi connectivity index (χ0n) is 14.0. The molecule has 27 heavy (non-hydrogen) atoms. The third-order valence-corrected chi connectivity index (χ3v) is 4.86. The van der Waals surface area contributed by atoms with Crippen LogP contribution < -0.4 is 10.0 Å². The molecule has 0 bridgehead atoms. The van der Waals surface area contributed by atoms with Crippen LogP contribution in [0.2, 0.25) is 0 Å². The Kier molecular flexibility index (Phi) is 5.41. The smallest absolute Gasteiger partial charge is 0.264 e. The highest BCUT2D eigenvalue weighted by Crippen LogP contribution is 2.16. The number of nitrogens with one attached hydrogen (secondary N) is 2. The van der Waals surface area contributed by atoms with Gasteiger partial charge in [0.05, 0.1) is 11.3 Å². The molecule has 3 rings (SSSR count). The van der Waals surface area contributed by atoms with Gasteiger partial charge in [0.25, 0.3) is 10.0 Å². The minimum absolute atomic E-state index is 0.00601. The van der Waals surface area contributed by atoms with Crippen molar-refractivity contribution in [2.24, 2.45) is 0 Å². The van der Waals surface area contributed by atoms with Crippen LogP contribution in [0.1, 0.15) is 5.56 Å². The quantitative estimate of drug-likeness (QED) is 0.678. The van der Waals surface area contributed by atoms with Crippen LogP contribution in [0.15, 0.2) is 71.9 Å². The second-order valence-corrected chi connectivity index (χ2v) is 7.24. The molecule has 0 saturated heterocycles. The number of carbonyl (C=O) groups is 1. The minimum Gasteiger partial charge on any atom is -0.326 e. The third kappa shape index (κ3) is 5.08. The zero-order valence-corrected chi connectivity index (χ0v) is 14.8. The summed E-state index contributed by atoms with van der Waals surface area (Å²) in [5.74, 6) is -0.701. The SMILES string of the molecule is O=C(Cc1ccc(F)cc1)Nc1ccc(S(=O)(=O)Nc2ncccn2)cc1. The van der Waals surface area contributed by atoms with Gasteiger partial charge in [0.1, 0.15) is 5.82 Å². The Balaban J connectivity index is 1.64. The van der Waals surface area contributed by atoms with E-state index in [0.29, 0.717) is 11.3 Å². The number of aromatic nitrogens is 2. The van der Waals surface area contributed by atoms with Gasteiger partial charge in [-0.05, 0) is 48.0 Å². The molecule has 0 fully saturated rings. The molecule has 7 nitrogen and oxygen atoms in total. The number of hydrogen-bond acceptors (Lipinski definition) is 5. The number of sulfonamides is 1. The predicted octanol–water partition coefficient (Wildman–Crippen LogP) is 2.60. The summed E-state index contributed by atoms with van der Waals surface area (Å²) < 4.78 is 39.7. The molecule has 3 aromatic rings. The molecule has 2 N–H and O–H groups in total. The van der Waals surface area contributed by atoms with Gasteiger partial charge in [-0.1, -0.05) is 12.1 Å². The number of benzene rings is 2. The first-order valence-corrected chi connectivity index (χ1v) is 9.35. The lowest BCUT2D eigenvalue weighted by Gasteiger charge is -2.08. The topological polar surface area (TPSA) is 101 Å². The monoisotopic (exact) mass is 386 g/mol. The second-order valence-electron chi connectivity index (χ2n) is 5.55. The maximum atomic E-state index is 12.9. The van der Waals surface area contributed by atoms with Crippen LogP contribution in [-0.2, 0) is 21.2 Å². The van der Waals surface area contributed by atoms with E-state index in [1.807, 2.05) is 0 Å². The summed E-state index contributed by atoms with van der Waals surface area (Å²) in [6.45, 7) is 0. The molecular weight excluding hydrogens is 371 g/mol. The van der Waals surface area contributed by atoms with E-state index in [2.05, 4.69) is 20.0 Å². The molecule has 2 aromatic carbocycles. The summed E-state index contributed by atoms with van der Waals surface area (Å²) in [5.41, 5.74) is 1.11. The number of carbonyl (C=O) groups excluding carboxylic acids is 1.